The minimum Gasteiger partial charge on any atom is -0.489 e. The molecule has 0 unspecified atom stereocenters. The molecule has 0 saturated carbocycles. The number of piperazine rings is 1. The number of anilines is 2. The Kier molecular flexibility index (Phi) is 6.90. The fourth-order valence-corrected chi connectivity index (χ4v) is 9.64. The summed E-state index contributed by atoms with van der Waals surface area (Å²) >= 11 is 6.88. The van der Waals surface area contributed by atoms with Crippen LogP contribution in [-0.2, 0) is 6.18 Å². The molecule has 3 aromatic rings. The van der Waals surface area contributed by atoms with Crippen molar-refractivity contribution in [3.63, 3.8) is 0 Å². The summed E-state index contributed by atoms with van der Waals surface area (Å²) in [6, 6.07) is 1.32. The van der Waals surface area contributed by atoms with Crippen molar-refractivity contribution in [3.05, 3.63) is 28.0 Å². The van der Waals surface area contributed by atoms with Gasteiger partial charge in [0.15, 0.2) is 11.6 Å². The van der Waals surface area contributed by atoms with Crippen LogP contribution in [-0.4, -0.2) is 88.3 Å². The first-order valence-electron chi connectivity index (χ1n) is 16.2. The van der Waals surface area contributed by atoms with E-state index < -0.39 is 28.8 Å². The van der Waals surface area contributed by atoms with Gasteiger partial charge in [0.1, 0.15) is 30.4 Å². The molecule has 5 aliphatic rings. The molecule has 8 rings (SSSR count). The Morgan fingerprint density at radius 3 is 2.72 bits per heavy atom. The maximum atomic E-state index is 17.0. The van der Waals surface area contributed by atoms with Crippen LogP contribution >= 0.6 is 11.6 Å². The number of rotatable bonds is 4. The van der Waals surface area contributed by atoms with Gasteiger partial charge in [0.25, 0.3) is 0 Å². The predicted octanol–water partition coefficient (Wildman–Crippen LogP) is 6.08. The van der Waals surface area contributed by atoms with Crippen molar-refractivity contribution in [2.45, 2.75) is 82.7 Å². The highest BCUT2D eigenvalue weighted by atomic mass is 35.5. The molecule has 1 aromatic carbocycles. The van der Waals surface area contributed by atoms with Crippen LogP contribution in [0.1, 0.15) is 57.1 Å². The van der Waals surface area contributed by atoms with Crippen LogP contribution in [0.4, 0.5) is 29.2 Å². The summed E-state index contributed by atoms with van der Waals surface area (Å²) in [6.07, 6.45) is 0.0476. The molecule has 0 spiro atoms. The number of likely N-dealkylation sites (N-methyl/N-ethyl adjacent to an activating group) is 1. The summed E-state index contributed by atoms with van der Waals surface area (Å²) in [4.78, 5) is 20.4. The van der Waals surface area contributed by atoms with Crippen LogP contribution in [0, 0.1) is 18.2 Å². The van der Waals surface area contributed by atoms with Crippen molar-refractivity contribution in [1.29, 1.82) is 0 Å². The van der Waals surface area contributed by atoms with Gasteiger partial charge in [-0.2, -0.15) is 23.1 Å². The summed E-state index contributed by atoms with van der Waals surface area (Å²) < 4.78 is 73.2. The first kappa shape index (κ1) is 31.1. The molecule has 4 atom stereocenters. The smallest absolute Gasteiger partial charge is 0.418 e. The van der Waals surface area contributed by atoms with Crippen molar-refractivity contribution in [2.75, 3.05) is 50.5 Å². The number of aromatic nitrogens is 3. The Labute approximate surface area is 275 Å². The molecule has 9 nitrogen and oxygen atoms in total. The van der Waals surface area contributed by atoms with Gasteiger partial charge < -0.3 is 20.1 Å². The topological polar surface area (TPSA) is 92.9 Å². The van der Waals surface area contributed by atoms with Crippen molar-refractivity contribution in [1.82, 2.24) is 24.8 Å². The number of benzene rings is 1. The van der Waals surface area contributed by atoms with E-state index in [4.69, 9.17) is 31.8 Å². The molecule has 4 saturated heterocycles. The second-order valence-corrected chi connectivity index (χ2v) is 15.2. The summed E-state index contributed by atoms with van der Waals surface area (Å²) in [5, 5.41) is -0.115. The van der Waals surface area contributed by atoms with E-state index in [0.29, 0.717) is 19.0 Å². The standard InChI is InChI=1S/C33H38ClF4N7O2/c1-16-10-20(39)40-26(23(16)33(36,37)38)21-24(34)28-22-27(25(21)35)41-30(47-15-32-8-5-9-44(32)14-31(2,3)13-32)42-29(22)45-11-17-6-7-18(43(17)4)19(45)12-46-28/h10,17-19H,5-9,11-15H2,1-4H3,(H2,39,40)/t17-,18+,19-,32+/m1/s1. The van der Waals surface area contributed by atoms with Crippen LogP contribution < -0.4 is 20.1 Å². The number of nitrogens with zero attached hydrogens (tertiary/aromatic N) is 6. The van der Waals surface area contributed by atoms with Crippen molar-refractivity contribution in [2.24, 2.45) is 5.41 Å². The van der Waals surface area contributed by atoms with Crippen LogP contribution in [0.2, 0.25) is 5.02 Å². The first-order valence-corrected chi connectivity index (χ1v) is 16.6. The van der Waals surface area contributed by atoms with Crippen LogP contribution in [0.25, 0.3) is 22.2 Å². The third-order valence-electron chi connectivity index (χ3n) is 11.2. The number of hydrogen-bond acceptors (Lipinski definition) is 9. The molecule has 2 bridgehead atoms. The van der Waals surface area contributed by atoms with Gasteiger partial charge in [0.2, 0.25) is 0 Å². The number of hydrogen-bond donors (Lipinski definition) is 1. The molecule has 4 fully saturated rings. The normalized spacial score (nSPS) is 28.4. The van der Waals surface area contributed by atoms with Crippen LogP contribution in [0.3, 0.4) is 0 Å². The number of ether oxygens (including phenoxy) is 2. The van der Waals surface area contributed by atoms with Crippen molar-refractivity contribution < 1.29 is 27.0 Å². The van der Waals surface area contributed by atoms with E-state index in [1.54, 1.807) is 0 Å². The number of nitrogen functional groups attached to an aromatic ring is 1. The Morgan fingerprint density at radius 2 is 1.96 bits per heavy atom. The number of aryl methyl sites for hydroxylation is 1. The Balaban J connectivity index is 1.33. The van der Waals surface area contributed by atoms with Gasteiger partial charge >= 0.3 is 12.2 Å². The lowest BCUT2D eigenvalue weighted by atomic mass is 9.83. The summed E-state index contributed by atoms with van der Waals surface area (Å²) in [5.74, 6) is -0.816. The van der Waals surface area contributed by atoms with Gasteiger partial charge in [-0.05, 0) is 69.7 Å². The highest BCUT2D eigenvalue weighted by Crippen LogP contribution is 2.52. The lowest BCUT2D eigenvalue weighted by molar-refractivity contribution is -0.137. The maximum absolute atomic E-state index is 17.0. The van der Waals surface area contributed by atoms with Gasteiger partial charge in [-0.25, -0.2) is 9.37 Å². The van der Waals surface area contributed by atoms with E-state index in [1.807, 2.05) is 0 Å². The zero-order valence-corrected chi connectivity index (χ0v) is 27.6. The number of fused-ring (bicyclic) bond motifs is 6. The molecule has 2 N–H and O–H groups in total. The third kappa shape index (κ3) is 4.74. The molecule has 47 heavy (non-hydrogen) atoms. The van der Waals surface area contributed by atoms with E-state index in [9.17, 15) is 13.2 Å². The molecular weight excluding hydrogens is 638 g/mol. The average Bonchev–Trinajstić information content (AvgIpc) is 3.49. The molecule has 0 aliphatic carbocycles. The largest absolute Gasteiger partial charge is 0.489 e. The molecule has 0 amide bonds. The highest BCUT2D eigenvalue weighted by Gasteiger charge is 2.52. The fraction of sp³-hybridized carbons (Fsp3) is 0.606. The fourth-order valence-electron chi connectivity index (χ4n) is 9.31. The quantitative estimate of drug-likeness (QED) is 0.330. The Hall–Kier alpha value is -3.16. The Morgan fingerprint density at radius 1 is 1.17 bits per heavy atom. The second-order valence-electron chi connectivity index (χ2n) is 14.8. The zero-order chi connectivity index (χ0) is 33.2. The zero-order valence-electron chi connectivity index (χ0n) is 26.8. The van der Waals surface area contributed by atoms with Gasteiger partial charge in [0, 0.05) is 25.2 Å². The van der Waals surface area contributed by atoms with Gasteiger partial charge in [-0.15, -0.1) is 0 Å². The SMILES string of the molecule is Cc1cc(N)nc(-c2c(Cl)c3c4c(nc(OC[C@@]56CCCN5CC(C)(C)C6)nc4c2F)N2C[C@H]4CC[C@@H]([C@H]2CO3)N4C)c1C(F)(F)F. The van der Waals surface area contributed by atoms with E-state index in [0.717, 1.165) is 51.3 Å². The summed E-state index contributed by atoms with van der Waals surface area (Å²) in [5.41, 5.74) is 3.03. The summed E-state index contributed by atoms with van der Waals surface area (Å²) in [7, 11) is 2.09. The van der Waals surface area contributed by atoms with Gasteiger partial charge in [0.05, 0.1) is 38.8 Å². The average molecular weight is 676 g/mol. The monoisotopic (exact) mass is 675 g/mol. The van der Waals surface area contributed by atoms with Crippen LogP contribution in [0.5, 0.6) is 11.8 Å². The number of nitrogens with two attached hydrogens (primary N) is 1. The van der Waals surface area contributed by atoms with Crippen molar-refractivity contribution in [3.8, 4) is 23.0 Å². The highest BCUT2D eigenvalue weighted by molar-refractivity contribution is 6.36. The maximum Gasteiger partial charge on any atom is 0.418 e. The lowest BCUT2D eigenvalue weighted by Crippen LogP contribution is -2.60. The molecular formula is C33H38ClF4N7O2. The number of halogens is 5. The molecule has 7 heterocycles. The van der Waals surface area contributed by atoms with E-state index in [2.05, 4.69) is 45.6 Å². The minimum atomic E-state index is -4.86. The molecule has 2 aromatic heterocycles. The molecule has 5 aliphatic heterocycles. The van der Waals surface area contributed by atoms with Gasteiger partial charge in [-0.1, -0.05) is 25.4 Å². The number of pyridine rings is 1. The second kappa shape index (κ2) is 10.4. The minimum absolute atomic E-state index is 0.0284. The van der Waals surface area contributed by atoms with Gasteiger partial charge in [-0.3, -0.25) is 9.80 Å². The predicted molar refractivity (Wildman–Crippen MR) is 171 cm³/mol. The first-order chi connectivity index (χ1) is 22.2. The third-order valence-corrected chi connectivity index (χ3v) is 11.5. The van der Waals surface area contributed by atoms with E-state index >= 15 is 4.39 Å². The van der Waals surface area contributed by atoms with E-state index in [1.165, 1.54) is 6.92 Å². The van der Waals surface area contributed by atoms with Crippen molar-refractivity contribution >= 4 is 34.1 Å². The molecule has 252 valence electrons. The van der Waals surface area contributed by atoms with Crippen LogP contribution in [0.15, 0.2) is 6.07 Å². The molecule has 0 radical (unpaired) electrons. The van der Waals surface area contributed by atoms with E-state index in [-0.39, 0.29) is 74.8 Å². The number of alkyl halides is 3. The summed E-state index contributed by atoms with van der Waals surface area (Å²) in [6.45, 7) is 8.80. The Bertz CT molecular complexity index is 1810. The molecule has 14 heteroatoms. The lowest BCUT2D eigenvalue weighted by Gasteiger charge is -2.45.